The highest BCUT2D eigenvalue weighted by Gasteiger charge is 2.69. The number of aromatic amines is 1. The number of H-pyrrole nitrogens is 1. The van der Waals surface area contributed by atoms with Crippen LogP contribution in [0.15, 0.2) is 24.3 Å². The Bertz CT molecular complexity index is 1080. The van der Waals surface area contributed by atoms with Crippen molar-refractivity contribution in [3.63, 3.8) is 0 Å². The Morgan fingerprint density at radius 2 is 1.91 bits per heavy atom. The van der Waals surface area contributed by atoms with Gasteiger partial charge in [0.05, 0.1) is 23.2 Å². The second-order valence-electron chi connectivity index (χ2n) is 12.2. The average Bonchev–Trinajstić information content (AvgIpc) is 3.27. The zero-order valence-corrected chi connectivity index (χ0v) is 19.9. The predicted octanol–water partition coefficient (Wildman–Crippen LogP) is 5.31. The van der Waals surface area contributed by atoms with E-state index >= 15 is 0 Å². The molecule has 172 valence electrons. The van der Waals surface area contributed by atoms with Crippen LogP contribution in [0.25, 0.3) is 10.9 Å². The standard InChI is InChI=1S/C28H37NO3/c1-25(2,31)22-12-14-28(16-30)21-10-9-17-15-19-18-7-5-6-8-20(18)29-24(19)27(17,4)26(21,3)13-11-23(28)32-22/h5-8,16-17,21-23,29,31H,9-15H2,1-4H3/t17?,21-,22+,23?,26+,27-,28-/m1/s1. The maximum absolute atomic E-state index is 12.9. The van der Waals surface area contributed by atoms with Gasteiger partial charge < -0.3 is 19.6 Å². The van der Waals surface area contributed by atoms with Crippen LogP contribution >= 0.6 is 0 Å². The molecule has 2 aromatic rings. The lowest BCUT2D eigenvalue weighted by molar-refractivity contribution is -0.240. The third-order valence-corrected chi connectivity index (χ3v) is 10.7. The summed E-state index contributed by atoms with van der Waals surface area (Å²) in [5.41, 5.74) is 2.97. The molecule has 4 nitrogen and oxygen atoms in total. The van der Waals surface area contributed by atoms with E-state index < -0.39 is 11.0 Å². The predicted molar refractivity (Wildman–Crippen MR) is 126 cm³/mol. The first-order chi connectivity index (χ1) is 15.1. The van der Waals surface area contributed by atoms with Crippen LogP contribution in [0.1, 0.15) is 77.5 Å². The van der Waals surface area contributed by atoms with Crippen LogP contribution in [0.4, 0.5) is 0 Å². The minimum absolute atomic E-state index is 0.0400. The molecule has 2 N–H and O–H groups in total. The molecule has 0 radical (unpaired) electrons. The highest BCUT2D eigenvalue weighted by molar-refractivity contribution is 5.86. The minimum atomic E-state index is -0.871. The molecule has 4 heteroatoms. The van der Waals surface area contributed by atoms with Crippen molar-refractivity contribution in [3.8, 4) is 0 Å². The number of nitrogens with one attached hydrogen (secondary N) is 1. The fourth-order valence-electron chi connectivity index (χ4n) is 8.83. The van der Waals surface area contributed by atoms with Gasteiger partial charge in [-0.25, -0.2) is 0 Å². The molecule has 7 atom stereocenters. The maximum atomic E-state index is 12.9. The Kier molecular flexibility index (Phi) is 4.23. The largest absolute Gasteiger partial charge is 0.388 e. The van der Waals surface area contributed by atoms with E-state index in [9.17, 15) is 9.90 Å². The summed E-state index contributed by atoms with van der Waals surface area (Å²) in [4.78, 5) is 16.8. The van der Waals surface area contributed by atoms with Gasteiger partial charge in [0, 0.05) is 22.0 Å². The van der Waals surface area contributed by atoms with E-state index in [1.807, 2.05) is 13.8 Å². The van der Waals surface area contributed by atoms with Crippen LogP contribution in [0.5, 0.6) is 0 Å². The molecule has 1 aromatic heterocycles. The first-order valence-corrected chi connectivity index (χ1v) is 12.6. The lowest BCUT2D eigenvalue weighted by Gasteiger charge is -2.66. The van der Waals surface area contributed by atoms with Crippen molar-refractivity contribution in [2.75, 3.05) is 0 Å². The molecule has 0 bridgehead atoms. The van der Waals surface area contributed by atoms with E-state index in [-0.39, 0.29) is 23.0 Å². The molecular weight excluding hydrogens is 398 g/mol. The number of aliphatic hydroxyl groups is 1. The summed E-state index contributed by atoms with van der Waals surface area (Å²) in [6.07, 6.45) is 7.97. The first kappa shape index (κ1) is 20.9. The lowest BCUT2D eigenvalue weighted by Crippen LogP contribution is -2.66. The van der Waals surface area contributed by atoms with Crippen molar-refractivity contribution in [2.24, 2.45) is 22.7 Å². The third kappa shape index (κ3) is 2.38. The summed E-state index contributed by atoms with van der Waals surface area (Å²) in [5.74, 6) is 0.941. The molecule has 0 spiro atoms. The van der Waals surface area contributed by atoms with Gasteiger partial charge in [-0.3, -0.25) is 0 Å². The summed E-state index contributed by atoms with van der Waals surface area (Å²) in [6, 6.07) is 8.73. The van der Waals surface area contributed by atoms with Crippen molar-refractivity contribution in [3.05, 3.63) is 35.5 Å². The Labute approximate surface area is 191 Å². The fourth-order valence-corrected chi connectivity index (χ4v) is 8.83. The van der Waals surface area contributed by atoms with Crippen molar-refractivity contribution in [2.45, 2.75) is 95.9 Å². The van der Waals surface area contributed by atoms with E-state index in [4.69, 9.17) is 4.74 Å². The topological polar surface area (TPSA) is 62.3 Å². The molecule has 4 aliphatic rings. The Balaban J connectivity index is 1.45. The Morgan fingerprint density at radius 3 is 2.66 bits per heavy atom. The molecular formula is C28H37NO3. The van der Waals surface area contributed by atoms with E-state index in [1.54, 1.807) is 0 Å². The number of hydrogen-bond acceptors (Lipinski definition) is 3. The Hall–Kier alpha value is -1.65. The van der Waals surface area contributed by atoms with Crippen molar-refractivity contribution >= 4 is 17.2 Å². The summed E-state index contributed by atoms with van der Waals surface area (Å²) in [7, 11) is 0. The van der Waals surface area contributed by atoms with Gasteiger partial charge in [0.1, 0.15) is 6.29 Å². The highest BCUT2D eigenvalue weighted by Crippen LogP contribution is 2.70. The number of carbonyl (C=O) groups is 1. The average molecular weight is 436 g/mol. The number of benzene rings is 1. The van der Waals surface area contributed by atoms with Crippen molar-refractivity contribution in [1.29, 1.82) is 0 Å². The Morgan fingerprint density at radius 1 is 1.12 bits per heavy atom. The molecule has 32 heavy (non-hydrogen) atoms. The lowest BCUT2D eigenvalue weighted by atomic mass is 9.39. The van der Waals surface area contributed by atoms with Gasteiger partial charge in [-0.1, -0.05) is 32.0 Å². The molecule has 1 saturated heterocycles. The fraction of sp³-hybridized carbons (Fsp3) is 0.679. The maximum Gasteiger partial charge on any atom is 0.129 e. The summed E-state index contributed by atoms with van der Waals surface area (Å²) in [6.45, 7) is 8.64. The van der Waals surface area contributed by atoms with Crippen molar-refractivity contribution in [1.82, 2.24) is 4.98 Å². The van der Waals surface area contributed by atoms with Crippen LogP contribution in [0.3, 0.4) is 0 Å². The number of hydrogen-bond donors (Lipinski definition) is 2. The first-order valence-electron chi connectivity index (χ1n) is 12.6. The van der Waals surface area contributed by atoms with Gasteiger partial charge >= 0.3 is 0 Å². The molecule has 2 heterocycles. The molecule has 0 amide bonds. The van der Waals surface area contributed by atoms with Gasteiger partial charge in [-0.05, 0) is 87.7 Å². The second kappa shape index (κ2) is 6.48. The number of fused-ring (bicyclic) bond motifs is 9. The van der Waals surface area contributed by atoms with E-state index in [2.05, 4.69) is 43.1 Å². The molecule has 1 aromatic carbocycles. The van der Waals surface area contributed by atoms with Crippen LogP contribution in [0.2, 0.25) is 0 Å². The zero-order valence-electron chi connectivity index (χ0n) is 19.9. The molecule has 2 saturated carbocycles. The molecule has 3 aliphatic carbocycles. The van der Waals surface area contributed by atoms with E-state index in [1.165, 1.54) is 34.9 Å². The number of carbonyl (C=O) groups excluding carboxylic acids is 1. The number of ether oxygens (including phenoxy) is 1. The normalized spacial score (nSPS) is 43.3. The van der Waals surface area contributed by atoms with Crippen LogP contribution < -0.4 is 0 Å². The van der Waals surface area contributed by atoms with Gasteiger partial charge in [0.25, 0.3) is 0 Å². The number of para-hydroxylation sites is 1. The van der Waals surface area contributed by atoms with Crippen molar-refractivity contribution < 1.29 is 14.6 Å². The van der Waals surface area contributed by atoms with Crippen LogP contribution in [0, 0.1) is 22.7 Å². The minimum Gasteiger partial charge on any atom is -0.388 e. The van der Waals surface area contributed by atoms with Crippen LogP contribution in [-0.2, 0) is 21.4 Å². The van der Waals surface area contributed by atoms with E-state index in [0.29, 0.717) is 11.8 Å². The summed E-state index contributed by atoms with van der Waals surface area (Å²) < 4.78 is 6.52. The van der Waals surface area contributed by atoms with Crippen LogP contribution in [-0.4, -0.2) is 34.2 Å². The second-order valence-corrected chi connectivity index (χ2v) is 12.2. The SMILES string of the molecule is CC(C)(O)[C@@H]1CC[C@]2(C=O)C(CC[C@@]3(C)[C@H]2CCC2Cc4c([nH]c5ccccc45)[C@@]23C)O1. The smallest absolute Gasteiger partial charge is 0.129 e. The van der Waals surface area contributed by atoms with Gasteiger partial charge in [-0.2, -0.15) is 0 Å². The number of rotatable bonds is 2. The van der Waals surface area contributed by atoms with Gasteiger partial charge in [0.2, 0.25) is 0 Å². The highest BCUT2D eigenvalue weighted by atomic mass is 16.5. The van der Waals surface area contributed by atoms with Gasteiger partial charge in [-0.15, -0.1) is 0 Å². The number of aromatic nitrogens is 1. The summed E-state index contributed by atoms with van der Waals surface area (Å²) >= 11 is 0. The molecule has 3 fully saturated rings. The molecule has 6 rings (SSSR count). The monoisotopic (exact) mass is 435 g/mol. The third-order valence-electron chi connectivity index (χ3n) is 10.7. The zero-order chi connectivity index (χ0) is 22.5. The van der Waals surface area contributed by atoms with E-state index in [0.717, 1.165) is 38.5 Å². The summed E-state index contributed by atoms with van der Waals surface area (Å²) in [5, 5.41) is 12.0. The molecule has 1 aliphatic heterocycles. The molecule has 2 unspecified atom stereocenters. The number of aldehydes is 1. The van der Waals surface area contributed by atoms with Gasteiger partial charge in [0.15, 0.2) is 0 Å². The quantitative estimate of drug-likeness (QED) is 0.628.